The van der Waals surface area contributed by atoms with Crippen LogP contribution < -0.4 is 5.73 Å². The van der Waals surface area contributed by atoms with Gasteiger partial charge in [-0.05, 0) is 11.6 Å². The maximum atomic E-state index is 11.5. The van der Waals surface area contributed by atoms with E-state index in [4.69, 9.17) is 10.5 Å². The highest BCUT2D eigenvalue weighted by Crippen LogP contribution is 2.11. The number of pyridine rings is 1. The lowest BCUT2D eigenvalue weighted by molar-refractivity contribution is -0.159. The zero-order chi connectivity index (χ0) is 12.3. The van der Waals surface area contributed by atoms with Gasteiger partial charge < -0.3 is 10.5 Å². The van der Waals surface area contributed by atoms with Gasteiger partial charge in [0.2, 0.25) is 0 Å². The minimum absolute atomic E-state index is 0.0516. The van der Waals surface area contributed by atoms with E-state index in [1.807, 2.05) is 6.07 Å². The van der Waals surface area contributed by atoms with Gasteiger partial charge in [0.15, 0.2) is 0 Å². The second-order valence-electron chi connectivity index (χ2n) is 3.68. The summed E-state index contributed by atoms with van der Waals surface area (Å²) in [6.45, 7) is 0.387. The van der Waals surface area contributed by atoms with E-state index in [2.05, 4.69) is 4.98 Å². The first-order valence-corrected chi connectivity index (χ1v) is 5.26. The second kappa shape index (κ2) is 5.03. The number of ether oxygens (including phenoxy) is 1. The summed E-state index contributed by atoms with van der Waals surface area (Å²) in [5.41, 5.74) is 7.03. The number of amides is 2. The fraction of sp³-hybridized carbons (Fsp3) is 0.364. The van der Waals surface area contributed by atoms with Crippen LogP contribution in [0.25, 0.3) is 0 Å². The number of nitrogens with two attached hydrogens (primary N) is 1. The summed E-state index contributed by atoms with van der Waals surface area (Å²) in [6, 6.07) is 3.56. The predicted molar refractivity (Wildman–Crippen MR) is 58.5 cm³/mol. The maximum Gasteiger partial charge on any atom is 0.255 e. The molecule has 2 heterocycles. The first kappa shape index (κ1) is 11.7. The Balaban J connectivity index is 2.19. The average molecular weight is 235 g/mol. The minimum Gasteiger partial charge on any atom is -0.362 e. The second-order valence-corrected chi connectivity index (χ2v) is 3.68. The molecule has 6 nitrogen and oxygen atoms in total. The molecule has 1 saturated heterocycles. The molecule has 0 atom stereocenters. The van der Waals surface area contributed by atoms with Crippen LogP contribution in [-0.2, 0) is 27.4 Å². The summed E-state index contributed by atoms with van der Waals surface area (Å²) < 4.78 is 4.84. The number of imide groups is 1. The van der Waals surface area contributed by atoms with E-state index >= 15 is 0 Å². The molecule has 1 aromatic heterocycles. The first-order chi connectivity index (χ1) is 8.22. The van der Waals surface area contributed by atoms with Gasteiger partial charge >= 0.3 is 0 Å². The SMILES string of the molecule is NCc1ncccc1CN1C(=O)COCC1=O. The van der Waals surface area contributed by atoms with E-state index < -0.39 is 0 Å². The fourth-order valence-electron chi connectivity index (χ4n) is 1.67. The Kier molecular flexibility index (Phi) is 3.46. The highest BCUT2D eigenvalue weighted by molar-refractivity contribution is 5.98. The summed E-state index contributed by atoms with van der Waals surface area (Å²) in [7, 11) is 0. The van der Waals surface area contributed by atoms with Crippen molar-refractivity contribution in [1.29, 1.82) is 0 Å². The fourth-order valence-corrected chi connectivity index (χ4v) is 1.67. The van der Waals surface area contributed by atoms with Crippen LogP contribution in [0.15, 0.2) is 18.3 Å². The lowest BCUT2D eigenvalue weighted by Crippen LogP contribution is -2.45. The summed E-state index contributed by atoms with van der Waals surface area (Å²) in [4.78, 5) is 28.4. The molecule has 0 radical (unpaired) electrons. The Bertz CT molecular complexity index is 431. The van der Waals surface area contributed by atoms with Crippen molar-refractivity contribution in [2.24, 2.45) is 5.73 Å². The molecule has 1 aliphatic rings. The summed E-state index contributed by atoms with van der Waals surface area (Å²) in [5.74, 6) is -0.652. The Morgan fingerprint density at radius 2 is 2.06 bits per heavy atom. The van der Waals surface area contributed by atoms with Gasteiger partial charge in [-0.2, -0.15) is 0 Å². The number of carbonyl (C=O) groups excluding carboxylic acids is 2. The van der Waals surface area contributed by atoms with Gasteiger partial charge in [0, 0.05) is 12.7 Å². The van der Waals surface area contributed by atoms with Crippen LogP contribution in [0.5, 0.6) is 0 Å². The van der Waals surface area contributed by atoms with Crippen molar-refractivity contribution in [3.8, 4) is 0 Å². The third-order valence-corrected chi connectivity index (χ3v) is 2.56. The number of rotatable bonds is 3. The molecule has 0 spiro atoms. The average Bonchev–Trinajstić information content (AvgIpc) is 2.34. The number of nitrogens with zero attached hydrogens (tertiary/aromatic N) is 2. The molecule has 17 heavy (non-hydrogen) atoms. The quantitative estimate of drug-likeness (QED) is 0.709. The summed E-state index contributed by atoms with van der Waals surface area (Å²) in [6.07, 6.45) is 1.63. The van der Waals surface area contributed by atoms with E-state index in [1.165, 1.54) is 4.90 Å². The van der Waals surface area contributed by atoms with Gasteiger partial charge in [-0.15, -0.1) is 0 Å². The van der Waals surface area contributed by atoms with E-state index in [1.54, 1.807) is 12.3 Å². The molecule has 2 rings (SSSR count). The van der Waals surface area contributed by atoms with Crippen LogP contribution in [0.1, 0.15) is 11.3 Å². The molecule has 1 fully saturated rings. The van der Waals surface area contributed by atoms with Crippen LogP contribution in [0.4, 0.5) is 0 Å². The van der Waals surface area contributed by atoms with Crippen molar-refractivity contribution in [2.45, 2.75) is 13.1 Å². The molecule has 0 unspecified atom stereocenters. The normalized spacial score (nSPS) is 16.4. The van der Waals surface area contributed by atoms with Gasteiger partial charge in [-0.1, -0.05) is 6.07 Å². The topological polar surface area (TPSA) is 85.5 Å². The molecular weight excluding hydrogens is 222 g/mol. The van der Waals surface area contributed by atoms with Crippen molar-refractivity contribution < 1.29 is 14.3 Å². The van der Waals surface area contributed by atoms with Crippen molar-refractivity contribution in [2.75, 3.05) is 13.2 Å². The highest BCUT2D eigenvalue weighted by Gasteiger charge is 2.27. The van der Waals surface area contributed by atoms with Crippen LogP contribution in [-0.4, -0.2) is 34.9 Å². The molecule has 1 aliphatic heterocycles. The molecule has 0 aromatic carbocycles. The van der Waals surface area contributed by atoms with Crippen molar-refractivity contribution in [1.82, 2.24) is 9.88 Å². The molecule has 2 N–H and O–H groups in total. The molecule has 2 amide bonds. The van der Waals surface area contributed by atoms with Gasteiger partial charge in [0.1, 0.15) is 13.2 Å². The van der Waals surface area contributed by atoms with Crippen molar-refractivity contribution in [3.63, 3.8) is 0 Å². The maximum absolute atomic E-state index is 11.5. The molecule has 6 heteroatoms. The number of carbonyl (C=O) groups is 2. The highest BCUT2D eigenvalue weighted by atomic mass is 16.5. The molecule has 90 valence electrons. The number of aromatic nitrogens is 1. The summed E-state index contributed by atoms with van der Waals surface area (Å²) in [5, 5.41) is 0. The monoisotopic (exact) mass is 235 g/mol. The third kappa shape index (κ3) is 2.48. The van der Waals surface area contributed by atoms with Gasteiger partial charge in [0.25, 0.3) is 11.8 Å². The number of morpholine rings is 1. The van der Waals surface area contributed by atoms with Crippen LogP contribution in [0.2, 0.25) is 0 Å². The Hall–Kier alpha value is -1.79. The Labute approximate surface area is 98.4 Å². The zero-order valence-corrected chi connectivity index (χ0v) is 9.26. The van der Waals surface area contributed by atoms with Crippen LogP contribution in [0.3, 0.4) is 0 Å². The lowest BCUT2D eigenvalue weighted by atomic mass is 10.1. The van der Waals surface area contributed by atoms with Crippen molar-refractivity contribution >= 4 is 11.8 Å². The smallest absolute Gasteiger partial charge is 0.255 e. The van der Waals surface area contributed by atoms with E-state index in [0.717, 1.165) is 5.56 Å². The van der Waals surface area contributed by atoms with Gasteiger partial charge in [-0.3, -0.25) is 19.5 Å². The number of hydrogen-bond acceptors (Lipinski definition) is 5. The standard InChI is InChI=1S/C11H13N3O3/c12-4-9-8(2-1-3-13-9)5-14-10(15)6-17-7-11(14)16/h1-3H,4-7,12H2. The van der Waals surface area contributed by atoms with Crippen molar-refractivity contribution in [3.05, 3.63) is 29.6 Å². The van der Waals surface area contributed by atoms with Crippen LogP contribution >= 0.6 is 0 Å². The van der Waals surface area contributed by atoms with Gasteiger partial charge in [0.05, 0.1) is 12.2 Å². The molecule has 1 aromatic rings. The Morgan fingerprint density at radius 1 is 1.35 bits per heavy atom. The van der Waals surface area contributed by atoms with Gasteiger partial charge in [-0.25, -0.2) is 0 Å². The molecule has 0 bridgehead atoms. The Morgan fingerprint density at radius 3 is 2.71 bits per heavy atom. The molecule has 0 aliphatic carbocycles. The molecule has 0 saturated carbocycles. The zero-order valence-electron chi connectivity index (χ0n) is 9.26. The predicted octanol–water partition coefficient (Wildman–Crippen LogP) is -0.574. The number of hydrogen-bond donors (Lipinski definition) is 1. The van der Waals surface area contributed by atoms with E-state index in [0.29, 0.717) is 5.69 Å². The third-order valence-electron chi connectivity index (χ3n) is 2.56. The van der Waals surface area contributed by atoms with E-state index in [-0.39, 0.29) is 38.1 Å². The van der Waals surface area contributed by atoms with E-state index in [9.17, 15) is 9.59 Å². The minimum atomic E-state index is -0.326. The first-order valence-electron chi connectivity index (χ1n) is 5.26. The lowest BCUT2D eigenvalue weighted by Gasteiger charge is -2.25. The largest absolute Gasteiger partial charge is 0.362 e. The van der Waals surface area contributed by atoms with Crippen LogP contribution in [0, 0.1) is 0 Å². The molecular formula is C11H13N3O3. The summed E-state index contributed by atoms with van der Waals surface area (Å²) >= 11 is 0.